The minimum Gasteiger partial charge on any atom is -0.247 e. The predicted molar refractivity (Wildman–Crippen MR) is 83.8 cm³/mol. The van der Waals surface area contributed by atoms with Crippen molar-refractivity contribution in [1.29, 1.82) is 0 Å². The fourth-order valence-corrected chi connectivity index (χ4v) is 2.30. The van der Waals surface area contributed by atoms with Crippen LogP contribution in [0.25, 0.3) is 6.08 Å². The van der Waals surface area contributed by atoms with E-state index in [0.717, 1.165) is 22.3 Å². The lowest BCUT2D eigenvalue weighted by Crippen LogP contribution is -2.28. The average molecular weight is 296 g/mol. The highest BCUT2D eigenvalue weighted by atomic mass is 19.2. The zero-order valence-corrected chi connectivity index (χ0v) is 12.8. The molecule has 0 spiro atoms. The zero-order valence-electron chi connectivity index (χ0n) is 12.8. The van der Waals surface area contributed by atoms with Gasteiger partial charge in [0, 0.05) is 5.92 Å². The predicted octanol–water partition coefficient (Wildman–Crippen LogP) is 5.73. The number of benzene rings is 1. The molecule has 0 radical (unpaired) electrons. The zero-order chi connectivity index (χ0) is 16.0. The summed E-state index contributed by atoms with van der Waals surface area (Å²) in [5.41, 5.74) is 1.64. The molecule has 0 saturated carbocycles. The van der Waals surface area contributed by atoms with E-state index in [0.29, 0.717) is 0 Å². The molecular formula is C18H23F3. The molecule has 0 amide bonds. The number of alkyl halides is 3. The molecule has 0 saturated heterocycles. The summed E-state index contributed by atoms with van der Waals surface area (Å²) < 4.78 is 38.7. The molecule has 1 rings (SSSR count). The maximum Gasteiger partial charge on any atom is 0.167 e. The second-order valence-corrected chi connectivity index (χ2v) is 5.62. The first-order chi connectivity index (χ1) is 9.86. The fraction of sp³-hybridized carbons (Fsp3) is 0.444. The van der Waals surface area contributed by atoms with Crippen molar-refractivity contribution in [2.24, 2.45) is 0 Å². The first kappa shape index (κ1) is 17.5. The van der Waals surface area contributed by atoms with Crippen LogP contribution in [0.5, 0.6) is 0 Å². The third kappa shape index (κ3) is 4.48. The minimum atomic E-state index is -2.37. The lowest BCUT2D eigenvalue weighted by atomic mass is 9.86. The SMILES string of the molecule is C=Cc1ccc([C@H](C)C(=C)CCC(F)(CF)CF)c(C)c1. The largest absolute Gasteiger partial charge is 0.247 e. The molecule has 1 aromatic rings. The molecule has 0 aliphatic carbocycles. The van der Waals surface area contributed by atoms with Crippen molar-refractivity contribution in [3.8, 4) is 0 Å². The van der Waals surface area contributed by atoms with Gasteiger partial charge in [0.1, 0.15) is 13.3 Å². The molecule has 0 aromatic heterocycles. The van der Waals surface area contributed by atoms with Gasteiger partial charge in [-0.15, -0.1) is 0 Å². The van der Waals surface area contributed by atoms with Gasteiger partial charge in [0.25, 0.3) is 0 Å². The van der Waals surface area contributed by atoms with Crippen LogP contribution in [0.1, 0.15) is 42.4 Å². The number of hydrogen-bond donors (Lipinski definition) is 0. The van der Waals surface area contributed by atoms with Crippen LogP contribution in [-0.4, -0.2) is 19.0 Å². The highest BCUT2D eigenvalue weighted by molar-refractivity contribution is 5.50. The molecule has 0 fully saturated rings. The molecule has 3 heteroatoms. The topological polar surface area (TPSA) is 0 Å². The Balaban J connectivity index is 2.77. The van der Waals surface area contributed by atoms with E-state index in [2.05, 4.69) is 13.2 Å². The number of rotatable bonds is 8. The van der Waals surface area contributed by atoms with Crippen molar-refractivity contribution < 1.29 is 13.2 Å². The maximum atomic E-state index is 13.7. The van der Waals surface area contributed by atoms with Crippen molar-refractivity contribution >= 4 is 6.08 Å². The molecule has 0 nitrogen and oxygen atoms in total. The van der Waals surface area contributed by atoms with Gasteiger partial charge in [0.2, 0.25) is 0 Å². The summed E-state index contributed by atoms with van der Waals surface area (Å²) in [6.07, 6.45) is 1.87. The Kier molecular flexibility index (Phi) is 6.25. The maximum absolute atomic E-state index is 13.7. The van der Waals surface area contributed by atoms with Crippen LogP contribution in [0.15, 0.2) is 36.9 Å². The van der Waals surface area contributed by atoms with Crippen LogP contribution in [0.3, 0.4) is 0 Å². The Labute approximate surface area is 125 Å². The van der Waals surface area contributed by atoms with Crippen molar-refractivity contribution in [1.82, 2.24) is 0 Å². The molecule has 0 heterocycles. The Morgan fingerprint density at radius 1 is 1.33 bits per heavy atom. The molecule has 0 aliphatic heterocycles. The standard InChI is InChI=1S/C18H23F3/c1-5-16-6-7-17(14(3)10-16)15(4)13(2)8-9-18(21,11-19)12-20/h5-7,10,15H,1-2,8-9,11-12H2,3-4H3/t15-/m1/s1. The number of hydrogen-bond acceptors (Lipinski definition) is 0. The van der Waals surface area contributed by atoms with Crippen LogP contribution in [0.4, 0.5) is 13.2 Å². The summed E-state index contributed by atoms with van der Waals surface area (Å²) in [4.78, 5) is 0. The van der Waals surface area contributed by atoms with Crippen molar-refractivity contribution in [2.45, 2.75) is 38.3 Å². The van der Waals surface area contributed by atoms with E-state index >= 15 is 0 Å². The average Bonchev–Trinajstić information content (AvgIpc) is 2.51. The second kappa shape index (κ2) is 7.48. The van der Waals surface area contributed by atoms with Gasteiger partial charge in [-0.3, -0.25) is 0 Å². The van der Waals surface area contributed by atoms with Crippen molar-refractivity contribution in [3.63, 3.8) is 0 Å². The van der Waals surface area contributed by atoms with Crippen LogP contribution < -0.4 is 0 Å². The Bertz CT molecular complexity index is 501. The van der Waals surface area contributed by atoms with Crippen LogP contribution >= 0.6 is 0 Å². The molecule has 0 unspecified atom stereocenters. The van der Waals surface area contributed by atoms with Gasteiger partial charge in [-0.2, -0.15) is 0 Å². The summed E-state index contributed by atoms with van der Waals surface area (Å²) in [7, 11) is 0. The van der Waals surface area contributed by atoms with Gasteiger partial charge in [-0.05, 0) is 36.5 Å². The van der Waals surface area contributed by atoms with E-state index in [-0.39, 0.29) is 18.8 Å². The third-order valence-corrected chi connectivity index (χ3v) is 3.98. The van der Waals surface area contributed by atoms with Crippen LogP contribution in [0, 0.1) is 6.92 Å². The van der Waals surface area contributed by atoms with E-state index in [1.54, 1.807) is 6.08 Å². The molecule has 0 aliphatic rings. The van der Waals surface area contributed by atoms with Gasteiger partial charge in [-0.1, -0.05) is 49.9 Å². The number of allylic oxidation sites excluding steroid dienone is 1. The summed E-state index contributed by atoms with van der Waals surface area (Å²) in [6.45, 7) is 9.06. The molecule has 1 atom stereocenters. The van der Waals surface area contributed by atoms with E-state index in [9.17, 15) is 13.2 Å². The van der Waals surface area contributed by atoms with Gasteiger partial charge >= 0.3 is 0 Å². The van der Waals surface area contributed by atoms with Gasteiger partial charge in [-0.25, -0.2) is 13.2 Å². The molecule has 0 bridgehead atoms. The first-order valence-corrected chi connectivity index (χ1v) is 7.08. The van der Waals surface area contributed by atoms with Gasteiger partial charge in [0.05, 0.1) is 0 Å². The number of aryl methyl sites for hydroxylation is 1. The molecular weight excluding hydrogens is 273 g/mol. The van der Waals surface area contributed by atoms with E-state index in [1.165, 1.54) is 0 Å². The monoisotopic (exact) mass is 296 g/mol. The summed E-state index contributed by atoms with van der Waals surface area (Å²) in [6, 6.07) is 5.98. The Hall–Kier alpha value is -1.51. The molecule has 0 N–H and O–H groups in total. The van der Waals surface area contributed by atoms with Crippen LogP contribution in [0.2, 0.25) is 0 Å². The Morgan fingerprint density at radius 3 is 2.43 bits per heavy atom. The lowest BCUT2D eigenvalue weighted by Gasteiger charge is -2.22. The van der Waals surface area contributed by atoms with E-state index in [4.69, 9.17) is 0 Å². The van der Waals surface area contributed by atoms with Gasteiger partial charge in [0.15, 0.2) is 5.67 Å². The smallest absolute Gasteiger partial charge is 0.167 e. The second-order valence-electron chi connectivity index (χ2n) is 5.62. The summed E-state index contributed by atoms with van der Waals surface area (Å²) >= 11 is 0. The van der Waals surface area contributed by atoms with E-state index < -0.39 is 19.0 Å². The lowest BCUT2D eigenvalue weighted by molar-refractivity contribution is 0.0770. The Morgan fingerprint density at radius 2 is 1.95 bits per heavy atom. The minimum absolute atomic E-state index is 0.0207. The summed E-state index contributed by atoms with van der Waals surface area (Å²) in [5, 5.41) is 0. The quantitative estimate of drug-likeness (QED) is 0.538. The van der Waals surface area contributed by atoms with Gasteiger partial charge < -0.3 is 0 Å². The van der Waals surface area contributed by atoms with Crippen molar-refractivity contribution in [2.75, 3.05) is 13.3 Å². The van der Waals surface area contributed by atoms with E-state index in [1.807, 2.05) is 32.0 Å². The highest BCUT2D eigenvalue weighted by Crippen LogP contribution is 2.31. The molecule has 116 valence electrons. The summed E-state index contributed by atoms with van der Waals surface area (Å²) in [5.74, 6) is 0.0207. The number of halogens is 3. The normalized spacial score (nSPS) is 13.0. The van der Waals surface area contributed by atoms with Crippen LogP contribution in [-0.2, 0) is 0 Å². The highest BCUT2D eigenvalue weighted by Gasteiger charge is 2.30. The molecule has 1 aromatic carbocycles. The third-order valence-electron chi connectivity index (χ3n) is 3.98. The molecule has 21 heavy (non-hydrogen) atoms. The van der Waals surface area contributed by atoms with Crippen molar-refractivity contribution in [3.05, 3.63) is 53.6 Å². The fourth-order valence-electron chi connectivity index (χ4n) is 2.30. The first-order valence-electron chi connectivity index (χ1n) is 7.08.